The van der Waals surface area contributed by atoms with Crippen LogP contribution in [0.5, 0.6) is 0 Å². The Morgan fingerprint density at radius 2 is 1.79 bits per heavy atom. The molecular formula is C15H22ClNO2. The molecule has 1 atom stereocenters. The number of ether oxygens (including phenoxy) is 1. The number of carbonyl (C=O) groups excluding carboxylic acids is 1. The molecule has 0 aliphatic heterocycles. The number of carbonyl (C=O) groups is 1. The van der Waals surface area contributed by atoms with Gasteiger partial charge < -0.3 is 4.74 Å². The molecule has 3 nitrogen and oxygen atoms in total. The minimum absolute atomic E-state index is 0.0475. The summed E-state index contributed by atoms with van der Waals surface area (Å²) in [6, 6.07) is 7.72. The number of nitrogens with zero attached hydrogens (tertiary/aromatic N) is 1. The summed E-state index contributed by atoms with van der Waals surface area (Å²) in [5.74, 6) is -0.158. The van der Waals surface area contributed by atoms with Crippen LogP contribution < -0.4 is 0 Å². The van der Waals surface area contributed by atoms with E-state index >= 15 is 0 Å². The monoisotopic (exact) mass is 283 g/mol. The van der Waals surface area contributed by atoms with Crippen LogP contribution in [0.1, 0.15) is 38.8 Å². The zero-order valence-corrected chi connectivity index (χ0v) is 12.6. The van der Waals surface area contributed by atoms with Crippen molar-refractivity contribution in [2.75, 3.05) is 19.7 Å². The van der Waals surface area contributed by atoms with Crippen LogP contribution in [0.15, 0.2) is 24.3 Å². The second-order valence-electron chi connectivity index (χ2n) is 4.30. The van der Waals surface area contributed by atoms with Crippen molar-refractivity contribution in [1.29, 1.82) is 0 Å². The Labute approximate surface area is 120 Å². The lowest BCUT2D eigenvalue weighted by Gasteiger charge is -2.29. The summed E-state index contributed by atoms with van der Waals surface area (Å²) in [4.78, 5) is 14.0. The van der Waals surface area contributed by atoms with Gasteiger partial charge in [0.1, 0.15) is 0 Å². The second-order valence-corrected chi connectivity index (χ2v) is 4.73. The van der Waals surface area contributed by atoms with E-state index in [0.717, 1.165) is 18.7 Å². The SMILES string of the molecule is CCOC(=O)C[C@H](c1ccc(Cl)cc1)N(CC)CC. The molecule has 1 aromatic rings. The molecule has 19 heavy (non-hydrogen) atoms. The first-order valence-corrected chi connectivity index (χ1v) is 7.15. The fourth-order valence-electron chi connectivity index (χ4n) is 2.18. The molecule has 0 fully saturated rings. The summed E-state index contributed by atoms with van der Waals surface area (Å²) in [5.41, 5.74) is 1.10. The molecule has 0 radical (unpaired) electrons. The van der Waals surface area contributed by atoms with Crippen LogP contribution in [0.3, 0.4) is 0 Å². The van der Waals surface area contributed by atoms with Gasteiger partial charge in [-0.05, 0) is 37.7 Å². The molecule has 4 heteroatoms. The third kappa shape index (κ3) is 4.84. The van der Waals surface area contributed by atoms with Gasteiger partial charge in [-0.2, -0.15) is 0 Å². The zero-order chi connectivity index (χ0) is 14.3. The van der Waals surface area contributed by atoms with Gasteiger partial charge >= 0.3 is 5.97 Å². The normalized spacial score (nSPS) is 12.5. The van der Waals surface area contributed by atoms with E-state index in [4.69, 9.17) is 16.3 Å². The van der Waals surface area contributed by atoms with Crippen LogP contribution in [0.4, 0.5) is 0 Å². The van der Waals surface area contributed by atoms with Crippen molar-refractivity contribution in [3.05, 3.63) is 34.9 Å². The average Bonchev–Trinajstić information content (AvgIpc) is 2.40. The van der Waals surface area contributed by atoms with Crippen molar-refractivity contribution in [1.82, 2.24) is 4.90 Å². The Balaban J connectivity index is 2.91. The highest BCUT2D eigenvalue weighted by Gasteiger charge is 2.21. The summed E-state index contributed by atoms with van der Waals surface area (Å²) in [6.45, 7) is 8.22. The first-order valence-electron chi connectivity index (χ1n) is 6.77. The maximum Gasteiger partial charge on any atom is 0.307 e. The maximum absolute atomic E-state index is 11.8. The van der Waals surface area contributed by atoms with Crippen molar-refractivity contribution in [3.63, 3.8) is 0 Å². The second kappa shape index (κ2) is 8.18. The first kappa shape index (κ1) is 16.0. The van der Waals surface area contributed by atoms with Gasteiger partial charge in [0, 0.05) is 11.1 Å². The lowest BCUT2D eigenvalue weighted by molar-refractivity contribution is -0.144. The third-order valence-corrected chi connectivity index (χ3v) is 3.43. The molecule has 0 saturated heterocycles. The van der Waals surface area contributed by atoms with Crippen molar-refractivity contribution in [2.24, 2.45) is 0 Å². The number of benzene rings is 1. The molecule has 0 unspecified atom stereocenters. The lowest BCUT2D eigenvalue weighted by atomic mass is 10.0. The first-order chi connectivity index (χ1) is 9.12. The predicted molar refractivity (Wildman–Crippen MR) is 78.4 cm³/mol. The highest BCUT2D eigenvalue weighted by molar-refractivity contribution is 6.30. The van der Waals surface area contributed by atoms with Gasteiger partial charge in [0.05, 0.1) is 13.0 Å². The van der Waals surface area contributed by atoms with E-state index in [0.29, 0.717) is 18.1 Å². The number of hydrogen-bond acceptors (Lipinski definition) is 3. The molecular weight excluding hydrogens is 262 g/mol. The molecule has 0 spiro atoms. The van der Waals surface area contributed by atoms with Gasteiger partial charge in [-0.25, -0.2) is 0 Å². The van der Waals surface area contributed by atoms with Gasteiger partial charge in [-0.1, -0.05) is 37.6 Å². The molecule has 1 aromatic carbocycles. The third-order valence-electron chi connectivity index (χ3n) is 3.17. The topological polar surface area (TPSA) is 29.5 Å². The highest BCUT2D eigenvalue weighted by atomic mass is 35.5. The van der Waals surface area contributed by atoms with Crippen LogP contribution in [0, 0.1) is 0 Å². The van der Waals surface area contributed by atoms with E-state index in [1.807, 2.05) is 31.2 Å². The number of esters is 1. The molecule has 0 aliphatic rings. The smallest absolute Gasteiger partial charge is 0.307 e. The molecule has 1 rings (SSSR count). The van der Waals surface area contributed by atoms with Crippen LogP contribution in [-0.2, 0) is 9.53 Å². The minimum Gasteiger partial charge on any atom is -0.466 e. The summed E-state index contributed by atoms with van der Waals surface area (Å²) < 4.78 is 5.07. The largest absolute Gasteiger partial charge is 0.466 e. The number of rotatable bonds is 7. The van der Waals surface area contributed by atoms with Crippen LogP contribution in [0.25, 0.3) is 0 Å². The standard InChI is InChI=1S/C15H22ClNO2/c1-4-17(5-2)14(11-15(18)19-6-3)12-7-9-13(16)10-8-12/h7-10,14H,4-6,11H2,1-3H3/t14-/m1/s1. The molecule has 0 N–H and O–H groups in total. The van der Waals surface area contributed by atoms with Gasteiger partial charge in [0.25, 0.3) is 0 Å². The Morgan fingerprint density at radius 1 is 1.21 bits per heavy atom. The van der Waals surface area contributed by atoms with E-state index in [-0.39, 0.29) is 12.0 Å². The zero-order valence-electron chi connectivity index (χ0n) is 11.9. The molecule has 0 bridgehead atoms. The summed E-state index contributed by atoms with van der Waals surface area (Å²) >= 11 is 5.91. The van der Waals surface area contributed by atoms with E-state index in [1.165, 1.54) is 0 Å². The maximum atomic E-state index is 11.8. The lowest BCUT2D eigenvalue weighted by Crippen LogP contribution is -2.30. The van der Waals surface area contributed by atoms with E-state index in [9.17, 15) is 4.79 Å². The van der Waals surface area contributed by atoms with Crippen molar-refractivity contribution in [3.8, 4) is 0 Å². The number of halogens is 1. The molecule has 0 heterocycles. The van der Waals surface area contributed by atoms with Gasteiger partial charge in [0.15, 0.2) is 0 Å². The Bertz CT molecular complexity index is 388. The fraction of sp³-hybridized carbons (Fsp3) is 0.533. The van der Waals surface area contributed by atoms with E-state index in [2.05, 4.69) is 18.7 Å². The Hall–Kier alpha value is -1.06. The van der Waals surface area contributed by atoms with E-state index < -0.39 is 0 Å². The molecule has 0 aliphatic carbocycles. The number of hydrogen-bond donors (Lipinski definition) is 0. The van der Waals surface area contributed by atoms with Crippen molar-refractivity contribution >= 4 is 17.6 Å². The summed E-state index contributed by atoms with van der Waals surface area (Å²) in [7, 11) is 0. The molecule has 0 aromatic heterocycles. The van der Waals surface area contributed by atoms with E-state index in [1.54, 1.807) is 0 Å². The Morgan fingerprint density at radius 3 is 2.26 bits per heavy atom. The summed E-state index contributed by atoms with van der Waals surface area (Å²) in [5, 5.41) is 0.707. The molecule has 0 saturated carbocycles. The van der Waals surface area contributed by atoms with Gasteiger partial charge in [-0.15, -0.1) is 0 Å². The van der Waals surface area contributed by atoms with Gasteiger partial charge in [0.2, 0.25) is 0 Å². The van der Waals surface area contributed by atoms with Crippen LogP contribution >= 0.6 is 11.6 Å². The fourth-order valence-corrected chi connectivity index (χ4v) is 2.31. The highest BCUT2D eigenvalue weighted by Crippen LogP contribution is 2.25. The van der Waals surface area contributed by atoms with Crippen LogP contribution in [-0.4, -0.2) is 30.6 Å². The van der Waals surface area contributed by atoms with Crippen molar-refractivity contribution < 1.29 is 9.53 Å². The summed E-state index contributed by atoms with van der Waals surface area (Å²) in [6.07, 6.45) is 0.372. The predicted octanol–water partition coefficient (Wildman–Crippen LogP) is 3.68. The van der Waals surface area contributed by atoms with Gasteiger partial charge in [-0.3, -0.25) is 9.69 Å². The quantitative estimate of drug-likeness (QED) is 0.715. The van der Waals surface area contributed by atoms with Crippen molar-refractivity contribution in [2.45, 2.75) is 33.2 Å². The minimum atomic E-state index is -0.158. The molecule has 0 amide bonds. The molecule has 106 valence electrons. The average molecular weight is 284 g/mol. The van der Waals surface area contributed by atoms with Crippen LogP contribution in [0.2, 0.25) is 5.02 Å². The Kier molecular flexibility index (Phi) is 6.89.